The molecule has 0 saturated heterocycles. The SMILES string of the molecule is C[C@@H](Oc1cc(Cl)c(Cl)cc1Cl)C(=O)Nc1ncc(C(F)(F)F)cc1Cl. The first-order chi connectivity index (χ1) is 12.0. The van der Waals surface area contributed by atoms with Gasteiger partial charge in [-0.15, -0.1) is 0 Å². The molecule has 0 radical (unpaired) electrons. The molecule has 0 aliphatic carbocycles. The highest BCUT2D eigenvalue weighted by atomic mass is 35.5. The van der Waals surface area contributed by atoms with Crippen molar-refractivity contribution in [2.24, 2.45) is 0 Å². The van der Waals surface area contributed by atoms with Crippen molar-refractivity contribution in [3.8, 4) is 5.75 Å². The molecule has 0 aliphatic rings. The van der Waals surface area contributed by atoms with Gasteiger partial charge in [0.1, 0.15) is 5.75 Å². The molecule has 2 rings (SSSR count). The Morgan fingerprint density at radius 1 is 1.08 bits per heavy atom. The topological polar surface area (TPSA) is 51.2 Å². The van der Waals surface area contributed by atoms with Gasteiger partial charge in [-0.1, -0.05) is 46.4 Å². The molecule has 0 saturated carbocycles. The number of anilines is 1. The molecule has 0 aliphatic heterocycles. The summed E-state index contributed by atoms with van der Waals surface area (Å²) in [5.41, 5.74) is -1.03. The summed E-state index contributed by atoms with van der Waals surface area (Å²) in [5, 5.41) is 2.42. The zero-order valence-corrected chi connectivity index (χ0v) is 15.8. The lowest BCUT2D eigenvalue weighted by molar-refractivity contribution is -0.137. The van der Waals surface area contributed by atoms with Gasteiger partial charge >= 0.3 is 6.18 Å². The Morgan fingerprint density at radius 3 is 2.27 bits per heavy atom. The number of nitrogens with zero attached hydrogens (tertiary/aromatic N) is 1. The van der Waals surface area contributed by atoms with Crippen LogP contribution in [0, 0.1) is 0 Å². The van der Waals surface area contributed by atoms with Crippen molar-refractivity contribution in [1.82, 2.24) is 4.98 Å². The number of alkyl halides is 3. The molecule has 2 aromatic rings. The van der Waals surface area contributed by atoms with E-state index in [1.807, 2.05) is 0 Å². The second-order valence-electron chi connectivity index (χ2n) is 5.00. The highest BCUT2D eigenvalue weighted by Crippen LogP contribution is 2.35. The van der Waals surface area contributed by atoms with E-state index in [1.54, 1.807) is 0 Å². The number of benzene rings is 1. The van der Waals surface area contributed by atoms with Gasteiger partial charge < -0.3 is 10.1 Å². The summed E-state index contributed by atoms with van der Waals surface area (Å²) in [6, 6.07) is 3.34. The van der Waals surface area contributed by atoms with Gasteiger partial charge in [0, 0.05) is 12.3 Å². The number of ether oxygens (including phenoxy) is 1. The van der Waals surface area contributed by atoms with Crippen molar-refractivity contribution in [2.45, 2.75) is 19.2 Å². The predicted molar refractivity (Wildman–Crippen MR) is 94.4 cm³/mol. The quantitative estimate of drug-likeness (QED) is 0.574. The van der Waals surface area contributed by atoms with E-state index >= 15 is 0 Å². The van der Waals surface area contributed by atoms with E-state index in [1.165, 1.54) is 19.1 Å². The van der Waals surface area contributed by atoms with Crippen LogP contribution < -0.4 is 10.1 Å². The van der Waals surface area contributed by atoms with Crippen LogP contribution >= 0.6 is 46.4 Å². The Hall–Kier alpha value is -1.41. The van der Waals surface area contributed by atoms with Crippen molar-refractivity contribution >= 4 is 58.1 Å². The van der Waals surface area contributed by atoms with Crippen molar-refractivity contribution < 1.29 is 22.7 Å². The molecule has 1 heterocycles. The average Bonchev–Trinajstić information content (AvgIpc) is 2.53. The van der Waals surface area contributed by atoms with Gasteiger partial charge in [-0.25, -0.2) is 4.98 Å². The second kappa shape index (κ2) is 8.08. The van der Waals surface area contributed by atoms with Crippen LogP contribution in [0.15, 0.2) is 24.4 Å². The zero-order valence-electron chi connectivity index (χ0n) is 12.8. The Labute approximate surface area is 166 Å². The smallest absolute Gasteiger partial charge is 0.417 e. The van der Waals surface area contributed by atoms with Gasteiger partial charge in [0.25, 0.3) is 5.91 Å². The zero-order chi connectivity index (χ0) is 19.6. The normalized spacial score (nSPS) is 12.6. The van der Waals surface area contributed by atoms with Gasteiger partial charge in [-0.05, 0) is 19.1 Å². The van der Waals surface area contributed by atoms with E-state index in [0.29, 0.717) is 12.3 Å². The highest BCUT2D eigenvalue weighted by Gasteiger charge is 2.32. The lowest BCUT2D eigenvalue weighted by Crippen LogP contribution is -2.30. The first-order valence-electron chi connectivity index (χ1n) is 6.84. The summed E-state index contributed by atoms with van der Waals surface area (Å²) in [7, 11) is 0. The first-order valence-corrected chi connectivity index (χ1v) is 8.35. The van der Waals surface area contributed by atoms with Crippen LogP contribution in [0.5, 0.6) is 5.75 Å². The molecule has 0 unspecified atom stereocenters. The van der Waals surface area contributed by atoms with Gasteiger partial charge in [-0.3, -0.25) is 4.79 Å². The van der Waals surface area contributed by atoms with E-state index in [-0.39, 0.29) is 31.7 Å². The second-order valence-corrected chi connectivity index (χ2v) is 6.63. The molecule has 1 atom stereocenters. The van der Waals surface area contributed by atoms with Crippen LogP contribution in [0.25, 0.3) is 0 Å². The van der Waals surface area contributed by atoms with Crippen LogP contribution in [0.1, 0.15) is 12.5 Å². The Morgan fingerprint density at radius 2 is 1.69 bits per heavy atom. The van der Waals surface area contributed by atoms with Crippen LogP contribution in [0.4, 0.5) is 19.0 Å². The third-order valence-electron chi connectivity index (χ3n) is 3.06. The fraction of sp³-hybridized carbons (Fsp3) is 0.200. The molecule has 0 spiro atoms. The Bertz CT molecular complexity index is 846. The number of amides is 1. The molecule has 0 bridgehead atoms. The van der Waals surface area contributed by atoms with E-state index in [2.05, 4.69) is 10.3 Å². The summed E-state index contributed by atoms with van der Waals surface area (Å²) in [6.45, 7) is 1.40. The molecule has 1 aromatic heterocycles. The third kappa shape index (κ3) is 5.07. The maximum atomic E-state index is 12.6. The van der Waals surface area contributed by atoms with Crippen LogP contribution in [0.2, 0.25) is 20.1 Å². The standard InChI is InChI=1S/C15H9Cl4F3N2O2/c1-6(26-12-4-9(17)8(16)3-10(12)18)14(25)24-13-11(19)2-7(5-23-13)15(20,21)22/h2-6H,1H3,(H,23,24,25)/t6-/m1/s1. The summed E-state index contributed by atoms with van der Waals surface area (Å²) in [4.78, 5) is 15.7. The maximum absolute atomic E-state index is 12.6. The fourth-order valence-corrected chi connectivity index (χ4v) is 2.54. The number of pyridine rings is 1. The molecular weight excluding hydrogens is 439 g/mol. The summed E-state index contributed by atoms with van der Waals surface area (Å²) in [6.07, 6.45) is -5.12. The molecular formula is C15H9Cl4F3N2O2. The van der Waals surface area contributed by atoms with Crippen LogP contribution in [-0.2, 0) is 11.0 Å². The van der Waals surface area contributed by atoms with E-state index in [4.69, 9.17) is 51.1 Å². The lowest BCUT2D eigenvalue weighted by atomic mass is 10.2. The largest absolute Gasteiger partial charge is 0.479 e. The molecule has 1 N–H and O–H groups in total. The molecule has 4 nitrogen and oxygen atoms in total. The molecule has 26 heavy (non-hydrogen) atoms. The number of nitrogens with one attached hydrogen (secondary N) is 1. The number of hydrogen-bond donors (Lipinski definition) is 1. The van der Waals surface area contributed by atoms with Gasteiger partial charge in [0.05, 0.1) is 25.7 Å². The number of halogens is 7. The van der Waals surface area contributed by atoms with E-state index < -0.39 is 23.8 Å². The van der Waals surface area contributed by atoms with Crippen LogP contribution in [-0.4, -0.2) is 17.0 Å². The Kier molecular flexibility index (Phi) is 6.50. The van der Waals surface area contributed by atoms with Crippen molar-refractivity contribution in [3.05, 3.63) is 50.0 Å². The number of rotatable bonds is 4. The maximum Gasteiger partial charge on any atom is 0.417 e. The van der Waals surface area contributed by atoms with Crippen LogP contribution in [0.3, 0.4) is 0 Å². The van der Waals surface area contributed by atoms with Crippen molar-refractivity contribution in [2.75, 3.05) is 5.32 Å². The third-order valence-corrected chi connectivity index (χ3v) is 4.36. The summed E-state index contributed by atoms with van der Waals surface area (Å²) >= 11 is 23.4. The average molecular weight is 448 g/mol. The number of carbonyl (C=O) groups excluding carboxylic acids is 1. The highest BCUT2D eigenvalue weighted by molar-refractivity contribution is 6.43. The number of carbonyl (C=O) groups is 1. The summed E-state index contributed by atoms with van der Waals surface area (Å²) < 4.78 is 43.2. The van der Waals surface area contributed by atoms with Gasteiger partial charge in [0.2, 0.25) is 0 Å². The number of hydrogen-bond acceptors (Lipinski definition) is 3. The molecule has 11 heteroatoms. The predicted octanol–water partition coefficient (Wildman–Crippen LogP) is 6.12. The minimum Gasteiger partial charge on any atom is -0.479 e. The summed E-state index contributed by atoms with van der Waals surface area (Å²) in [5.74, 6) is -0.836. The molecule has 1 aromatic carbocycles. The van der Waals surface area contributed by atoms with Crippen molar-refractivity contribution in [1.29, 1.82) is 0 Å². The lowest BCUT2D eigenvalue weighted by Gasteiger charge is -2.16. The van der Waals surface area contributed by atoms with Gasteiger partial charge in [0.15, 0.2) is 11.9 Å². The molecule has 1 amide bonds. The van der Waals surface area contributed by atoms with Crippen molar-refractivity contribution in [3.63, 3.8) is 0 Å². The number of aromatic nitrogens is 1. The first kappa shape index (κ1) is 20.9. The molecule has 0 fully saturated rings. The Balaban J connectivity index is 2.11. The van der Waals surface area contributed by atoms with E-state index in [0.717, 1.165) is 0 Å². The van der Waals surface area contributed by atoms with Gasteiger partial charge in [-0.2, -0.15) is 13.2 Å². The monoisotopic (exact) mass is 446 g/mol. The van der Waals surface area contributed by atoms with E-state index in [9.17, 15) is 18.0 Å². The molecule has 140 valence electrons. The fourth-order valence-electron chi connectivity index (χ4n) is 1.74. The minimum absolute atomic E-state index is 0.107. The minimum atomic E-state index is -4.60.